The molecular formula is C27H21N3O7S. The maximum atomic E-state index is 13.7. The number of nitro groups is 1. The van der Waals surface area contributed by atoms with E-state index in [1.165, 1.54) is 35.1 Å². The zero-order valence-corrected chi connectivity index (χ0v) is 21.4. The number of allylic oxidation sites excluding steroid dienone is 1. The number of rotatable bonds is 6. The number of furan rings is 1. The monoisotopic (exact) mass is 531 g/mol. The van der Waals surface area contributed by atoms with E-state index >= 15 is 0 Å². The van der Waals surface area contributed by atoms with E-state index in [-0.39, 0.29) is 16.8 Å². The van der Waals surface area contributed by atoms with Gasteiger partial charge >= 0.3 is 5.97 Å². The minimum absolute atomic E-state index is 0.0518. The highest BCUT2D eigenvalue weighted by molar-refractivity contribution is 7.07. The summed E-state index contributed by atoms with van der Waals surface area (Å²) in [5.41, 5.74) is 1.55. The zero-order valence-electron chi connectivity index (χ0n) is 20.5. The van der Waals surface area contributed by atoms with E-state index < -0.39 is 16.9 Å². The van der Waals surface area contributed by atoms with Crippen LogP contribution in [0.1, 0.15) is 24.3 Å². The van der Waals surface area contributed by atoms with Crippen LogP contribution in [-0.4, -0.2) is 29.7 Å². The molecule has 0 saturated heterocycles. The highest BCUT2D eigenvalue weighted by Gasteiger charge is 2.33. The van der Waals surface area contributed by atoms with Crippen LogP contribution in [0.5, 0.6) is 5.75 Å². The maximum absolute atomic E-state index is 13.7. The summed E-state index contributed by atoms with van der Waals surface area (Å²) < 4.78 is 18.0. The maximum Gasteiger partial charge on any atom is 0.338 e. The van der Waals surface area contributed by atoms with Gasteiger partial charge in [-0.3, -0.25) is 19.5 Å². The molecule has 2 aromatic carbocycles. The summed E-state index contributed by atoms with van der Waals surface area (Å²) >= 11 is 1.17. The van der Waals surface area contributed by atoms with Crippen LogP contribution in [0.25, 0.3) is 17.4 Å². The quantitative estimate of drug-likeness (QED) is 0.211. The Kier molecular flexibility index (Phi) is 6.52. The number of nitrogens with zero attached hydrogens (tertiary/aromatic N) is 3. The van der Waals surface area contributed by atoms with Gasteiger partial charge in [0.1, 0.15) is 17.3 Å². The third-order valence-electron chi connectivity index (χ3n) is 6.10. The standard InChI is InChI=1S/C27H21N3O7S/c1-15-23(26(32)36-3)24(16-7-9-19(35-2)10-8-16)29-25(31)22(38-27(29)28-15)14-20-11-12-21(37-20)17-5-4-6-18(13-17)30(33)34/h4-14,24H,1-3H3/b22-14+/t24-/m1/s1. The molecule has 0 spiro atoms. The average molecular weight is 532 g/mol. The molecule has 0 amide bonds. The number of esters is 1. The van der Waals surface area contributed by atoms with Gasteiger partial charge in [0.2, 0.25) is 0 Å². The first-order valence-electron chi connectivity index (χ1n) is 11.4. The molecule has 5 rings (SSSR count). The van der Waals surface area contributed by atoms with Crippen LogP contribution in [0, 0.1) is 10.1 Å². The van der Waals surface area contributed by atoms with E-state index in [0.29, 0.717) is 43.4 Å². The zero-order chi connectivity index (χ0) is 27.0. The van der Waals surface area contributed by atoms with Crippen molar-refractivity contribution in [2.75, 3.05) is 14.2 Å². The number of carbonyl (C=O) groups is 1. The van der Waals surface area contributed by atoms with Crippen LogP contribution in [0.2, 0.25) is 0 Å². The minimum atomic E-state index is -0.746. The molecule has 4 aromatic rings. The molecule has 0 unspecified atom stereocenters. The van der Waals surface area contributed by atoms with Crippen molar-refractivity contribution in [3.8, 4) is 17.1 Å². The number of benzene rings is 2. The lowest BCUT2D eigenvalue weighted by atomic mass is 9.96. The Bertz CT molecular complexity index is 1780. The van der Waals surface area contributed by atoms with Gasteiger partial charge in [-0.2, -0.15) is 0 Å². The fourth-order valence-corrected chi connectivity index (χ4v) is 5.31. The van der Waals surface area contributed by atoms with Crippen LogP contribution < -0.4 is 19.6 Å². The van der Waals surface area contributed by atoms with Gasteiger partial charge in [0.15, 0.2) is 4.80 Å². The van der Waals surface area contributed by atoms with Crippen molar-refractivity contribution in [1.29, 1.82) is 0 Å². The molecule has 192 valence electrons. The summed E-state index contributed by atoms with van der Waals surface area (Å²) in [7, 11) is 2.84. The van der Waals surface area contributed by atoms with Crippen molar-refractivity contribution in [2.45, 2.75) is 13.0 Å². The lowest BCUT2D eigenvalue weighted by Gasteiger charge is -2.24. The third-order valence-corrected chi connectivity index (χ3v) is 7.08. The molecule has 11 heteroatoms. The molecule has 3 heterocycles. The molecular weight excluding hydrogens is 510 g/mol. The predicted octanol–water partition coefficient (Wildman–Crippen LogP) is 3.59. The topological polar surface area (TPSA) is 126 Å². The summed E-state index contributed by atoms with van der Waals surface area (Å²) in [6, 6.07) is 15.8. The van der Waals surface area contributed by atoms with E-state index in [2.05, 4.69) is 4.99 Å². The number of aromatic nitrogens is 1. The van der Waals surface area contributed by atoms with Crippen LogP contribution in [-0.2, 0) is 9.53 Å². The number of hydrogen-bond donors (Lipinski definition) is 0. The minimum Gasteiger partial charge on any atom is -0.497 e. The molecule has 1 aliphatic rings. The highest BCUT2D eigenvalue weighted by atomic mass is 32.1. The molecule has 1 atom stereocenters. The number of non-ortho nitro benzene ring substituents is 1. The van der Waals surface area contributed by atoms with Crippen molar-refractivity contribution in [1.82, 2.24) is 4.57 Å². The van der Waals surface area contributed by atoms with Gasteiger partial charge < -0.3 is 13.9 Å². The van der Waals surface area contributed by atoms with Crippen molar-refractivity contribution < 1.29 is 23.6 Å². The fourth-order valence-electron chi connectivity index (χ4n) is 4.28. The van der Waals surface area contributed by atoms with Gasteiger partial charge in [-0.1, -0.05) is 35.6 Å². The average Bonchev–Trinajstić information content (AvgIpc) is 3.52. The number of thiazole rings is 1. The Morgan fingerprint density at radius 3 is 2.61 bits per heavy atom. The summed E-state index contributed by atoms with van der Waals surface area (Å²) in [6.07, 6.45) is 1.59. The van der Waals surface area contributed by atoms with E-state index in [1.807, 2.05) is 0 Å². The smallest absolute Gasteiger partial charge is 0.338 e. The van der Waals surface area contributed by atoms with E-state index in [4.69, 9.17) is 13.9 Å². The number of fused-ring (bicyclic) bond motifs is 1. The Labute approximate surface area is 219 Å². The normalized spacial score (nSPS) is 15.1. The van der Waals surface area contributed by atoms with E-state index in [1.54, 1.807) is 68.6 Å². The number of methoxy groups -OCH3 is 2. The van der Waals surface area contributed by atoms with Gasteiger partial charge in [0.05, 0.1) is 41.0 Å². The van der Waals surface area contributed by atoms with Crippen molar-refractivity contribution in [3.63, 3.8) is 0 Å². The Morgan fingerprint density at radius 1 is 1.16 bits per heavy atom. The van der Waals surface area contributed by atoms with E-state index in [0.717, 1.165) is 0 Å². The number of carbonyl (C=O) groups excluding carboxylic acids is 1. The van der Waals surface area contributed by atoms with E-state index in [9.17, 15) is 19.7 Å². The molecule has 0 radical (unpaired) electrons. The van der Waals surface area contributed by atoms with Crippen LogP contribution in [0.4, 0.5) is 5.69 Å². The first-order chi connectivity index (χ1) is 18.3. The number of nitro benzene ring substituents is 1. The first-order valence-corrected chi connectivity index (χ1v) is 12.2. The van der Waals surface area contributed by atoms with Crippen molar-refractivity contribution in [3.05, 3.63) is 113 Å². The molecule has 38 heavy (non-hydrogen) atoms. The van der Waals surface area contributed by atoms with Crippen molar-refractivity contribution in [2.24, 2.45) is 4.99 Å². The van der Waals surface area contributed by atoms with Gasteiger partial charge in [-0.15, -0.1) is 0 Å². The SMILES string of the molecule is COC(=O)C1=C(C)N=c2s/c(=C/c3ccc(-c4cccc([N+](=O)[O-])c4)o3)c(=O)n2[C@@H]1c1ccc(OC)cc1. The Morgan fingerprint density at radius 2 is 1.92 bits per heavy atom. The molecule has 0 bridgehead atoms. The van der Waals surface area contributed by atoms with Crippen LogP contribution >= 0.6 is 11.3 Å². The van der Waals surface area contributed by atoms with Crippen LogP contribution in [0.3, 0.4) is 0 Å². The summed E-state index contributed by atoms with van der Waals surface area (Å²) in [5, 5.41) is 11.1. The van der Waals surface area contributed by atoms with Crippen LogP contribution in [0.15, 0.2) is 86.1 Å². The summed E-state index contributed by atoms with van der Waals surface area (Å²) in [5.74, 6) is 0.877. The van der Waals surface area contributed by atoms with Crippen molar-refractivity contribution >= 4 is 29.1 Å². The number of ether oxygens (including phenoxy) is 2. The predicted molar refractivity (Wildman–Crippen MR) is 140 cm³/mol. The Balaban J connectivity index is 1.61. The van der Waals surface area contributed by atoms with Gasteiger partial charge in [0.25, 0.3) is 11.2 Å². The molecule has 0 aliphatic carbocycles. The second-order valence-electron chi connectivity index (χ2n) is 8.36. The Hall–Kier alpha value is -4.77. The first kappa shape index (κ1) is 24.9. The summed E-state index contributed by atoms with van der Waals surface area (Å²) in [4.78, 5) is 42.0. The van der Waals surface area contributed by atoms with Gasteiger partial charge in [-0.25, -0.2) is 9.79 Å². The second kappa shape index (κ2) is 9.94. The summed E-state index contributed by atoms with van der Waals surface area (Å²) in [6.45, 7) is 1.71. The molecule has 10 nitrogen and oxygen atoms in total. The molecule has 0 saturated carbocycles. The molecule has 1 aliphatic heterocycles. The largest absolute Gasteiger partial charge is 0.497 e. The highest BCUT2D eigenvalue weighted by Crippen LogP contribution is 2.31. The lowest BCUT2D eigenvalue weighted by molar-refractivity contribution is -0.384. The molecule has 0 N–H and O–H groups in total. The van der Waals surface area contributed by atoms with Gasteiger partial charge in [-0.05, 0) is 36.8 Å². The number of hydrogen-bond acceptors (Lipinski definition) is 9. The fraction of sp³-hybridized carbons (Fsp3) is 0.148. The molecule has 2 aromatic heterocycles. The third kappa shape index (κ3) is 4.43. The van der Waals surface area contributed by atoms with Gasteiger partial charge in [0, 0.05) is 23.8 Å². The molecule has 0 fully saturated rings. The second-order valence-corrected chi connectivity index (χ2v) is 9.37. The lowest BCUT2D eigenvalue weighted by Crippen LogP contribution is -2.39.